The number of allylic oxidation sites excluding steroid dienone is 2. The van der Waals surface area contributed by atoms with Gasteiger partial charge in [-0.25, -0.2) is 4.99 Å². The van der Waals surface area contributed by atoms with Gasteiger partial charge >= 0.3 is 0 Å². The van der Waals surface area contributed by atoms with Crippen LogP contribution < -0.4 is 20.1 Å². The number of carbonyl (C=O) groups is 2. The Labute approximate surface area is 198 Å². The minimum atomic E-state index is -0.139. The van der Waals surface area contributed by atoms with Gasteiger partial charge in [0, 0.05) is 19.6 Å². The van der Waals surface area contributed by atoms with Crippen molar-refractivity contribution in [2.24, 2.45) is 28.7 Å². The van der Waals surface area contributed by atoms with Crippen LogP contribution in [0.1, 0.15) is 18.9 Å². The lowest BCUT2D eigenvalue weighted by atomic mass is 9.85. The summed E-state index contributed by atoms with van der Waals surface area (Å²) in [6.45, 7) is 4.26. The standard InChI is InChI=1S/C22H26N4O4.HI/c1-2-23-22(25-11-13-3-6-16-17(9-13)30-12-29-16)24-7-8-26-20(27)18-14-4-5-15(10-14)19(18)21(26)28;/h3-6,9,14-15,18-19H,2,7-8,10-12H2,1H3,(H2,23,24,25);1H. The van der Waals surface area contributed by atoms with E-state index in [0.29, 0.717) is 32.1 Å². The number of benzene rings is 1. The molecule has 2 amide bonds. The van der Waals surface area contributed by atoms with Crippen molar-refractivity contribution < 1.29 is 19.1 Å². The van der Waals surface area contributed by atoms with E-state index in [0.717, 1.165) is 23.5 Å². The second-order valence-electron chi connectivity index (χ2n) is 8.14. The number of rotatable bonds is 6. The summed E-state index contributed by atoms with van der Waals surface area (Å²) in [6.07, 6.45) is 5.19. The third-order valence-electron chi connectivity index (χ3n) is 6.39. The average Bonchev–Trinajstić information content (AvgIpc) is 3.52. The number of imide groups is 1. The fraction of sp³-hybridized carbons (Fsp3) is 0.500. The fourth-order valence-corrected chi connectivity index (χ4v) is 5.02. The third-order valence-corrected chi connectivity index (χ3v) is 6.39. The van der Waals surface area contributed by atoms with Gasteiger partial charge in [-0.3, -0.25) is 14.5 Å². The van der Waals surface area contributed by atoms with Crippen molar-refractivity contribution in [3.05, 3.63) is 35.9 Å². The number of carbonyl (C=O) groups excluding carboxylic acids is 2. The monoisotopic (exact) mass is 538 g/mol. The highest BCUT2D eigenvalue weighted by Gasteiger charge is 2.58. The van der Waals surface area contributed by atoms with Crippen LogP contribution in [-0.4, -0.2) is 49.1 Å². The Kier molecular flexibility index (Phi) is 6.40. The van der Waals surface area contributed by atoms with Crippen molar-refractivity contribution >= 4 is 41.8 Å². The van der Waals surface area contributed by atoms with Gasteiger partial charge in [0.15, 0.2) is 17.5 Å². The molecule has 1 saturated heterocycles. The Balaban J connectivity index is 0.00000231. The quantitative estimate of drug-likeness (QED) is 0.189. The van der Waals surface area contributed by atoms with Crippen LogP contribution >= 0.6 is 24.0 Å². The maximum absolute atomic E-state index is 12.8. The van der Waals surface area contributed by atoms with Gasteiger partial charge in [0.2, 0.25) is 18.6 Å². The van der Waals surface area contributed by atoms with E-state index in [4.69, 9.17) is 9.47 Å². The third kappa shape index (κ3) is 3.99. The zero-order valence-corrected chi connectivity index (χ0v) is 19.7. The molecule has 0 radical (unpaired) electrons. The minimum absolute atomic E-state index is 0. The van der Waals surface area contributed by atoms with Crippen LogP contribution in [0.5, 0.6) is 11.5 Å². The number of likely N-dealkylation sites (tertiary alicyclic amines) is 1. The molecule has 1 saturated carbocycles. The van der Waals surface area contributed by atoms with Crippen LogP contribution in [0.4, 0.5) is 0 Å². The molecule has 4 aliphatic rings. The second kappa shape index (κ2) is 9.05. The number of amides is 2. The van der Waals surface area contributed by atoms with E-state index < -0.39 is 0 Å². The Morgan fingerprint density at radius 2 is 1.81 bits per heavy atom. The molecule has 5 rings (SSSR count). The molecule has 2 N–H and O–H groups in total. The molecule has 1 aromatic carbocycles. The van der Waals surface area contributed by atoms with Gasteiger partial charge in [-0.15, -0.1) is 24.0 Å². The average molecular weight is 538 g/mol. The summed E-state index contributed by atoms with van der Waals surface area (Å²) >= 11 is 0. The molecule has 0 aromatic heterocycles. The zero-order chi connectivity index (χ0) is 20.7. The topological polar surface area (TPSA) is 92.3 Å². The predicted molar refractivity (Wildman–Crippen MR) is 125 cm³/mol. The van der Waals surface area contributed by atoms with Crippen molar-refractivity contribution in [2.45, 2.75) is 19.9 Å². The number of ether oxygens (including phenoxy) is 2. The summed E-state index contributed by atoms with van der Waals surface area (Å²) in [4.78, 5) is 31.6. The number of aliphatic imine (C=N–C) groups is 1. The first-order valence-corrected chi connectivity index (χ1v) is 10.6. The molecule has 2 fully saturated rings. The predicted octanol–water partition coefficient (Wildman–Crippen LogP) is 1.90. The van der Waals surface area contributed by atoms with Gasteiger partial charge in [0.05, 0.1) is 18.4 Å². The van der Waals surface area contributed by atoms with Crippen molar-refractivity contribution in [2.75, 3.05) is 26.4 Å². The van der Waals surface area contributed by atoms with Crippen molar-refractivity contribution in [3.8, 4) is 11.5 Å². The number of hydrogen-bond donors (Lipinski definition) is 2. The molecule has 166 valence electrons. The van der Waals surface area contributed by atoms with E-state index in [1.54, 1.807) is 0 Å². The molecule has 1 aromatic rings. The number of hydrogen-bond acceptors (Lipinski definition) is 5. The van der Waals surface area contributed by atoms with Crippen molar-refractivity contribution in [3.63, 3.8) is 0 Å². The Morgan fingerprint density at radius 3 is 2.52 bits per heavy atom. The first kappa shape index (κ1) is 21.9. The van der Waals surface area contributed by atoms with Crippen LogP contribution in [0.15, 0.2) is 35.3 Å². The number of nitrogens with one attached hydrogen (secondary N) is 2. The summed E-state index contributed by atoms with van der Waals surface area (Å²) in [5.74, 6) is 2.33. The molecule has 4 atom stereocenters. The van der Waals surface area contributed by atoms with Gasteiger partial charge in [-0.2, -0.15) is 0 Å². The number of fused-ring (bicyclic) bond motifs is 6. The van der Waals surface area contributed by atoms with E-state index in [9.17, 15) is 9.59 Å². The molecule has 0 spiro atoms. The van der Waals surface area contributed by atoms with Crippen LogP contribution in [0.3, 0.4) is 0 Å². The Morgan fingerprint density at radius 1 is 1.10 bits per heavy atom. The summed E-state index contributed by atoms with van der Waals surface area (Å²) in [5, 5.41) is 6.44. The van der Waals surface area contributed by atoms with Gasteiger partial charge in [0.1, 0.15) is 0 Å². The Bertz CT molecular complexity index is 904. The molecule has 4 unspecified atom stereocenters. The molecule has 9 heteroatoms. The van der Waals surface area contributed by atoms with Gasteiger partial charge in [-0.05, 0) is 42.9 Å². The molecular weight excluding hydrogens is 511 g/mol. The lowest BCUT2D eigenvalue weighted by Gasteiger charge is -2.18. The van der Waals surface area contributed by atoms with Gasteiger partial charge in [-0.1, -0.05) is 18.2 Å². The fourth-order valence-electron chi connectivity index (χ4n) is 5.02. The van der Waals surface area contributed by atoms with Crippen LogP contribution in [0.25, 0.3) is 0 Å². The highest BCUT2D eigenvalue weighted by Crippen LogP contribution is 2.52. The van der Waals surface area contributed by atoms with Crippen molar-refractivity contribution in [1.29, 1.82) is 0 Å². The molecule has 2 bridgehead atoms. The van der Waals surface area contributed by atoms with E-state index in [-0.39, 0.29) is 66.3 Å². The van der Waals surface area contributed by atoms with Crippen LogP contribution in [-0.2, 0) is 16.1 Å². The van der Waals surface area contributed by atoms with Crippen LogP contribution in [0.2, 0.25) is 0 Å². The molecular formula is C22H27IN4O4. The summed E-state index contributed by atoms with van der Waals surface area (Å²) < 4.78 is 10.7. The molecule has 2 heterocycles. The summed E-state index contributed by atoms with van der Waals surface area (Å²) in [7, 11) is 0. The maximum Gasteiger partial charge on any atom is 0.233 e. The maximum atomic E-state index is 12.8. The SMILES string of the molecule is CCNC(=NCc1ccc2c(c1)OCO2)NCCN1C(=O)C2C3C=CC(C3)C2C1=O.I. The van der Waals surface area contributed by atoms with Gasteiger partial charge < -0.3 is 20.1 Å². The molecule has 2 aliphatic carbocycles. The highest BCUT2D eigenvalue weighted by atomic mass is 127. The minimum Gasteiger partial charge on any atom is -0.454 e. The number of halogens is 1. The molecule has 8 nitrogen and oxygen atoms in total. The molecule has 31 heavy (non-hydrogen) atoms. The van der Waals surface area contributed by atoms with E-state index in [1.165, 1.54) is 4.90 Å². The first-order chi connectivity index (χ1) is 14.7. The number of nitrogens with zero attached hydrogens (tertiary/aromatic N) is 2. The highest BCUT2D eigenvalue weighted by molar-refractivity contribution is 14.0. The summed E-state index contributed by atoms with van der Waals surface area (Å²) in [5.41, 5.74) is 1.01. The Hall–Kier alpha value is -2.30. The van der Waals surface area contributed by atoms with E-state index in [2.05, 4.69) is 27.8 Å². The lowest BCUT2D eigenvalue weighted by molar-refractivity contribution is -0.140. The second-order valence-corrected chi connectivity index (χ2v) is 8.14. The normalized spacial score (nSPS) is 27.5. The zero-order valence-electron chi connectivity index (χ0n) is 17.4. The number of guanidine groups is 1. The summed E-state index contributed by atoms with van der Waals surface area (Å²) in [6, 6.07) is 5.78. The smallest absolute Gasteiger partial charge is 0.233 e. The van der Waals surface area contributed by atoms with Crippen LogP contribution in [0, 0.1) is 23.7 Å². The molecule has 2 aliphatic heterocycles. The van der Waals surface area contributed by atoms with E-state index in [1.807, 2.05) is 25.1 Å². The van der Waals surface area contributed by atoms with Gasteiger partial charge in [0.25, 0.3) is 0 Å². The largest absolute Gasteiger partial charge is 0.454 e. The first-order valence-electron chi connectivity index (χ1n) is 10.6. The lowest BCUT2D eigenvalue weighted by Crippen LogP contribution is -2.43. The van der Waals surface area contributed by atoms with Crippen molar-refractivity contribution in [1.82, 2.24) is 15.5 Å². The van der Waals surface area contributed by atoms with E-state index >= 15 is 0 Å².